The number of nitrogens with one attached hydrogen (secondary N) is 2. The Kier molecular flexibility index (Phi) is 7.18. The smallest absolute Gasteiger partial charge is 0.239 e. The summed E-state index contributed by atoms with van der Waals surface area (Å²) in [6.45, 7) is 3.80. The molecule has 0 bridgehead atoms. The van der Waals surface area contributed by atoms with Crippen LogP contribution in [0.3, 0.4) is 0 Å². The van der Waals surface area contributed by atoms with E-state index in [-0.39, 0.29) is 18.9 Å². The van der Waals surface area contributed by atoms with Crippen molar-refractivity contribution in [3.05, 3.63) is 24.3 Å². The molecule has 0 radical (unpaired) electrons. The van der Waals surface area contributed by atoms with Gasteiger partial charge < -0.3 is 19.9 Å². The van der Waals surface area contributed by atoms with Gasteiger partial charge in [-0.1, -0.05) is 0 Å². The van der Waals surface area contributed by atoms with Crippen molar-refractivity contribution in [2.24, 2.45) is 0 Å². The second-order valence-electron chi connectivity index (χ2n) is 6.02. The number of rotatable bonds is 8. The molecule has 1 heterocycles. The van der Waals surface area contributed by atoms with Crippen LogP contribution in [0.2, 0.25) is 0 Å². The van der Waals surface area contributed by atoms with E-state index >= 15 is 0 Å². The van der Waals surface area contributed by atoms with E-state index in [1.54, 1.807) is 0 Å². The Morgan fingerprint density at radius 2 is 1.80 bits per heavy atom. The van der Waals surface area contributed by atoms with E-state index in [0.717, 1.165) is 31.9 Å². The Morgan fingerprint density at radius 1 is 1.16 bits per heavy atom. The molecule has 25 heavy (non-hydrogen) atoms. The third kappa shape index (κ3) is 6.62. The number of anilines is 2. The van der Waals surface area contributed by atoms with Crippen LogP contribution in [0.25, 0.3) is 0 Å². The first-order chi connectivity index (χ1) is 11.9. The fourth-order valence-electron chi connectivity index (χ4n) is 2.47. The number of methoxy groups -OCH3 is 1. The molecule has 1 amide bonds. The average molecular weight is 370 g/mol. The van der Waals surface area contributed by atoms with Crippen molar-refractivity contribution in [3.63, 3.8) is 0 Å². The maximum Gasteiger partial charge on any atom is 0.239 e. The molecule has 0 spiro atoms. The van der Waals surface area contributed by atoms with Crippen LogP contribution in [-0.4, -0.2) is 78.5 Å². The first-order valence-electron chi connectivity index (χ1n) is 8.19. The molecule has 0 aliphatic carbocycles. The number of nitrogens with zero attached hydrogens (tertiary/aromatic N) is 2. The van der Waals surface area contributed by atoms with Crippen molar-refractivity contribution in [2.75, 3.05) is 69.5 Å². The van der Waals surface area contributed by atoms with E-state index in [1.807, 2.05) is 24.3 Å². The molecule has 0 aromatic heterocycles. The zero-order valence-electron chi connectivity index (χ0n) is 14.7. The topological polar surface area (TPSA) is 91.0 Å². The van der Waals surface area contributed by atoms with Gasteiger partial charge in [-0.25, -0.2) is 13.1 Å². The fourth-order valence-corrected chi connectivity index (χ4v) is 3.35. The number of sulfonamides is 1. The number of hydrogen-bond donors (Lipinski definition) is 2. The van der Waals surface area contributed by atoms with E-state index in [0.29, 0.717) is 5.69 Å². The Balaban J connectivity index is 1.81. The summed E-state index contributed by atoms with van der Waals surface area (Å²) in [5.74, 6) is -0.579. The number of carbonyl (C=O) groups excluding carboxylic acids is 1. The van der Waals surface area contributed by atoms with Crippen molar-refractivity contribution in [1.29, 1.82) is 0 Å². The van der Waals surface area contributed by atoms with Crippen LogP contribution < -0.4 is 14.9 Å². The Bertz CT molecular complexity index is 655. The normalized spacial score (nSPS) is 16.0. The van der Waals surface area contributed by atoms with Crippen LogP contribution in [0.5, 0.6) is 0 Å². The summed E-state index contributed by atoms with van der Waals surface area (Å²) in [4.78, 5) is 16.5. The van der Waals surface area contributed by atoms with E-state index in [4.69, 9.17) is 4.74 Å². The quantitative estimate of drug-likeness (QED) is 0.666. The predicted octanol–water partition coefficient (Wildman–Crippen LogP) is -0.0573. The van der Waals surface area contributed by atoms with Crippen LogP contribution in [-0.2, 0) is 19.6 Å². The van der Waals surface area contributed by atoms with Crippen molar-refractivity contribution < 1.29 is 17.9 Å². The van der Waals surface area contributed by atoms with Gasteiger partial charge >= 0.3 is 0 Å². The lowest BCUT2D eigenvalue weighted by atomic mass is 10.2. The van der Waals surface area contributed by atoms with Crippen LogP contribution >= 0.6 is 0 Å². The zero-order chi connectivity index (χ0) is 18.3. The molecule has 8 nitrogen and oxygen atoms in total. The van der Waals surface area contributed by atoms with Crippen molar-refractivity contribution in [2.45, 2.75) is 0 Å². The van der Waals surface area contributed by atoms with Gasteiger partial charge in [-0.15, -0.1) is 0 Å². The second-order valence-corrected chi connectivity index (χ2v) is 7.94. The van der Waals surface area contributed by atoms with Gasteiger partial charge in [0.25, 0.3) is 0 Å². The molecule has 0 unspecified atom stereocenters. The standard InChI is InChI=1S/C16H26N4O4S/c1-19-7-9-20(10-8-19)15-5-3-14(4-6-15)18-16(21)13-17-25(22,23)12-11-24-2/h3-6,17H,7-13H2,1-2H3,(H,18,21). The van der Waals surface area contributed by atoms with Crippen LogP contribution in [0.4, 0.5) is 11.4 Å². The lowest BCUT2D eigenvalue weighted by molar-refractivity contribution is -0.115. The van der Waals surface area contributed by atoms with E-state index in [1.165, 1.54) is 7.11 Å². The van der Waals surface area contributed by atoms with Crippen LogP contribution in [0.1, 0.15) is 0 Å². The Morgan fingerprint density at radius 3 is 2.40 bits per heavy atom. The highest BCUT2D eigenvalue weighted by atomic mass is 32.2. The molecule has 2 N–H and O–H groups in total. The van der Waals surface area contributed by atoms with Gasteiger partial charge in [0.1, 0.15) is 0 Å². The Hall–Kier alpha value is -1.68. The first-order valence-corrected chi connectivity index (χ1v) is 9.84. The molecule has 1 aromatic rings. The van der Waals surface area contributed by atoms with Gasteiger partial charge in [0, 0.05) is 44.7 Å². The third-order valence-electron chi connectivity index (χ3n) is 4.03. The van der Waals surface area contributed by atoms with Gasteiger partial charge in [0.2, 0.25) is 15.9 Å². The molecule has 0 saturated carbocycles. The van der Waals surface area contributed by atoms with Gasteiger partial charge in [0.15, 0.2) is 0 Å². The lowest BCUT2D eigenvalue weighted by Gasteiger charge is -2.34. The largest absolute Gasteiger partial charge is 0.384 e. The molecule has 1 saturated heterocycles. The molecule has 1 fully saturated rings. The van der Waals surface area contributed by atoms with Crippen LogP contribution in [0.15, 0.2) is 24.3 Å². The van der Waals surface area contributed by atoms with Crippen molar-refractivity contribution in [3.8, 4) is 0 Å². The Labute approximate surface area is 149 Å². The fraction of sp³-hybridized carbons (Fsp3) is 0.562. The van der Waals surface area contributed by atoms with Crippen molar-refractivity contribution in [1.82, 2.24) is 9.62 Å². The molecule has 0 atom stereocenters. The highest BCUT2D eigenvalue weighted by molar-refractivity contribution is 7.89. The monoisotopic (exact) mass is 370 g/mol. The number of carbonyl (C=O) groups is 1. The molecule has 9 heteroatoms. The zero-order valence-corrected chi connectivity index (χ0v) is 15.5. The molecule has 2 rings (SSSR count). The lowest BCUT2D eigenvalue weighted by Crippen LogP contribution is -2.44. The number of ether oxygens (including phenoxy) is 1. The van der Waals surface area contributed by atoms with Gasteiger partial charge in [0.05, 0.1) is 18.9 Å². The molecule has 1 aromatic carbocycles. The summed E-state index contributed by atoms with van der Waals surface area (Å²) in [6.07, 6.45) is 0. The minimum absolute atomic E-state index is 0.0880. The number of likely N-dealkylation sites (N-methyl/N-ethyl adjacent to an activating group) is 1. The second kappa shape index (κ2) is 9.14. The SMILES string of the molecule is COCCS(=O)(=O)NCC(=O)Nc1ccc(N2CCN(C)CC2)cc1. The minimum Gasteiger partial charge on any atom is -0.384 e. The maximum absolute atomic E-state index is 11.9. The van der Waals surface area contributed by atoms with E-state index in [9.17, 15) is 13.2 Å². The van der Waals surface area contributed by atoms with Gasteiger partial charge in [-0.05, 0) is 31.3 Å². The summed E-state index contributed by atoms with van der Waals surface area (Å²) >= 11 is 0. The first kappa shape index (κ1) is 19.6. The number of benzene rings is 1. The third-order valence-corrected chi connectivity index (χ3v) is 5.32. The average Bonchev–Trinajstić information content (AvgIpc) is 2.60. The highest BCUT2D eigenvalue weighted by Gasteiger charge is 2.15. The summed E-state index contributed by atoms with van der Waals surface area (Å²) < 4.78 is 30.2. The number of amides is 1. The molecule has 1 aliphatic rings. The maximum atomic E-state index is 11.9. The van der Waals surface area contributed by atoms with Gasteiger partial charge in [-0.2, -0.15) is 0 Å². The van der Waals surface area contributed by atoms with Crippen molar-refractivity contribution >= 4 is 27.3 Å². The van der Waals surface area contributed by atoms with Crippen LogP contribution in [0, 0.1) is 0 Å². The molecule has 140 valence electrons. The highest BCUT2D eigenvalue weighted by Crippen LogP contribution is 2.19. The summed E-state index contributed by atoms with van der Waals surface area (Å²) in [5, 5.41) is 2.68. The molecule has 1 aliphatic heterocycles. The number of piperazine rings is 1. The van der Waals surface area contributed by atoms with E-state index in [2.05, 4.69) is 26.9 Å². The summed E-state index contributed by atoms with van der Waals surface area (Å²) in [6, 6.07) is 7.57. The predicted molar refractivity (Wildman–Crippen MR) is 98.4 cm³/mol. The summed E-state index contributed by atoms with van der Waals surface area (Å²) in [7, 11) is 0.0319. The van der Waals surface area contributed by atoms with Gasteiger partial charge in [-0.3, -0.25) is 4.79 Å². The number of hydrogen-bond acceptors (Lipinski definition) is 6. The molecular formula is C16H26N4O4S. The van der Waals surface area contributed by atoms with E-state index < -0.39 is 15.9 Å². The summed E-state index contributed by atoms with van der Waals surface area (Å²) in [5.41, 5.74) is 1.75. The minimum atomic E-state index is -3.50. The molecular weight excluding hydrogens is 344 g/mol.